The van der Waals surface area contributed by atoms with E-state index in [1.807, 2.05) is 11.5 Å². The summed E-state index contributed by atoms with van der Waals surface area (Å²) in [4.78, 5) is 15.6. The molecule has 17 heavy (non-hydrogen) atoms. The number of rotatable bonds is 6. The summed E-state index contributed by atoms with van der Waals surface area (Å²) in [6.07, 6.45) is 3.92. The van der Waals surface area contributed by atoms with Crippen molar-refractivity contribution < 1.29 is 4.79 Å². The Labute approximate surface area is 102 Å². The van der Waals surface area contributed by atoms with Crippen LogP contribution in [0.1, 0.15) is 38.9 Å². The van der Waals surface area contributed by atoms with Gasteiger partial charge in [0.1, 0.15) is 0 Å². The van der Waals surface area contributed by atoms with Crippen LogP contribution in [0, 0.1) is 5.92 Å². The topological polar surface area (TPSA) is 72.9 Å². The average molecular weight is 238 g/mol. The van der Waals surface area contributed by atoms with Gasteiger partial charge < -0.3 is 15.6 Å². The molecule has 0 radical (unpaired) electrons. The number of nitrogens with one attached hydrogen (secondary N) is 1. The third-order valence-corrected chi connectivity index (χ3v) is 2.50. The molecule has 1 atom stereocenters. The molecule has 3 N–H and O–H groups in total. The van der Waals surface area contributed by atoms with Gasteiger partial charge in [-0.05, 0) is 12.8 Å². The smallest absolute Gasteiger partial charge is 0.221 e. The van der Waals surface area contributed by atoms with Gasteiger partial charge in [0.05, 0.1) is 12.0 Å². The zero-order valence-electron chi connectivity index (χ0n) is 10.8. The largest absolute Gasteiger partial charge is 0.356 e. The first-order valence-electron chi connectivity index (χ1n) is 6.03. The van der Waals surface area contributed by atoms with E-state index in [0.29, 0.717) is 18.9 Å². The van der Waals surface area contributed by atoms with E-state index in [1.165, 1.54) is 0 Å². The Morgan fingerprint density at radius 1 is 1.53 bits per heavy atom. The number of aromatic nitrogens is 2. The fourth-order valence-electron chi connectivity index (χ4n) is 1.53. The van der Waals surface area contributed by atoms with Gasteiger partial charge in [0, 0.05) is 31.7 Å². The Balaban J connectivity index is 2.39. The standard InChI is InChI=1S/C12H22N4O/c1-9(2)6-15-12(17)4-5-16-8-14-7-11(16)10(3)13/h7-10H,4-6,13H2,1-3H3,(H,15,17)/t10-/m0/s1. The van der Waals surface area contributed by atoms with Crippen LogP contribution >= 0.6 is 0 Å². The van der Waals surface area contributed by atoms with Gasteiger partial charge in [0.25, 0.3) is 0 Å². The number of nitrogens with two attached hydrogens (primary N) is 1. The Morgan fingerprint density at radius 3 is 2.82 bits per heavy atom. The van der Waals surface area contributed by atoms with Crippen LogP contribution in [-0.2, 0) is 11.3 Å². The van der Waals surface area contributed by atoms with E-state index in [0.717, 1.165) is 12.2 Å². The third-order valence-electron chi connectivity index (χ3n) is 2.50. The van der Waals surface area contributed by atoms with Crippen LogP contribution in [-0.4, -0.2) is 22.0 Å². The summed E-state index contributed by atoms with van der Waals surface area (Å²) >= 11 is 0. The van der Waals surface area contributed by atoms with Crippen molar-refractivity contribution in [2.75, 3.05) is 6.54 Å². The van der Waals surface area contributed by atoms with Gasteiger partial charge in [-0.1, -0.05) is 13.8 Å². The molecular formula is C12H22N4O. The zero-order valence-corrected chi connectivity index (χ0v) is 10.8. The highest BCUT2D eigenvalue weighted by Gasteiger charge is 2.08. The van der Waals surface area contributed by atoms with Gasteiger partial charge in [-0.2, -0.15) is 0 Å². The third kappa shape index (κ3) is 4.56. The Bertz CT molecular complexity index is 357. The molecule has 0 bridgehead atoms. The number of hydrogen-bond donors (Lipinski definition) is 2. The second-order valence-electron chi connectivity index (χ2n) is 4.75. The first-order valence-corrected chi connectivity index (χ1v) is 6.03. The molecule has 1 aromatic rings. The lowest BCUT2D eigenvalue weighted by Gasteiger charge is -2.11. The van der Waals surface area contributed by atoms with Crippen molar-refractivity contribution in [3.8, 4) is 0 Å². The Kier molecular flexibility index (Phi) is 5.15. The van der Waals surface area contributed by atoms with Gasteiger partial charge in [-0.15, -0.1) is 0 Å². The number of hydrogen-bond acceptors (Lipinski definition) is 3. The van der Waals surface area contributed by atoms with Crippen LogP contribution < -0.4 is 11.1 Å². The highest BCUT2D eigenvalue weighted by atomic mass is 16.1. The number of aryl methyl sites for hydroxylation is 1. The van der Waals surface area contributed by atoms with E-state index in [1.54, 1.807) is 12.5 Å². The highest BCUT2D eigenvalue weighted by molar-refractivity contribution is 5.75. The first-order chi connectivity index (χ1) is 8.00. The molecule has 5 heteroatoms. The minimum Gasteiger partial charge on any atom is -0.356 e. The van der Waals surface area contributed by atoms with Crippen LogP contribution in [0.3, 0.4) is 0 Å². The summed E-state index contributed by atoms with van der Waals surface area (Å²) < 4.78 is 1.93. The number of nitrogens with zero attached hydrogens (tertiary/aromatic N) is 2. The molecule has 1 aromatic heterocycles. The molecule has 0 aliphatic rings. The maximum atomic E-state index is 11.5. The normalized spacial score (nSPS) is 12.8. The number of amides is 1. The second kappa shape index (κ2) is 6.39. The second-order valence-corrected chi connectivity index (χ2v) is 4.75. The van der Waals surface area contributed by atoms with E-state index in [-0.39, 0.29) is 11.9 Å². The molecule has 0 fully saturated rings. The van der Waals surface area contributed by atoms with Gasteiger partial charge in [-0.25, -0.2) is 4.98 Å². The lowest BCUT2D eigenvalue weighted by atomic mass is 10.2. The lowest BCUT2D eigenvalue weighted by Crippen LogP contribution is -2.28. The summed E-state index contributed by atoms with van der Waals surface area (Å²) in [5.41, 5.74) is 6.76. The fraction of sp³-hybridized carbons (Fsp3) is 0.667. The van der Waals surface area contributed by atoms with E-state index < -0.39 is 0 Å². The summed E-state index contributed by atoms with van der Waals surface area (Å²) in [6, 6.07) is -0.0591. The maximum absolute atomic E-state index is 11.5. The molecule has 0 spiro atoms. The Morgan fingerprint density at radius 2 is 2.24 bits per heavy atom. The van der Waals surface area contributed by atoms with Crippen LogP contribution in [0.4, 0.5) is 0 Å². The summed E-state index contributed by atoms with van der Waals surface area (Å²) in [7, 11) is 0. The molecule has 0 aromatic carbocycles. The number of imidazole rings is 1. The van der Waals surface area contributed by atoms with Gasteiger partial charge >= 0.3 is 0 Å². The van der Waals surface area contributed by atoms with E-state index in [4.69, 9.17) is 5.73 Å². The van der Waals surface area contributed by atoms with Crippen molar-refractivity contribution in [2.45, 2.75) is 39.8 Å². The minimum atomic E-state index is -0.0591. The van der Waals surface area contributed by atoms with Crippen molar-refractivity contribution in [3.63, 3.8) is 0 Å². The van der Waals surface area contributed by atoms with Crippen molar-refractivity contribution in [3.05, 3.63) is 18.2 Å². The molecule has 96 valence electrons. The molecule has 0 aliphatic heterocycles. The monoisotopic (exact) mass is 238 g/mol. The average Bonchev–Trinajstić information content (AvgIpc) is 2.71. The van der Waals surface area contributed by atoms with Crippen molar-refractivity contribution in [1.29, 1.82) is 0 Å². The molecule has 5 nitrogen and oxygen atoms in total. The van der Waals surface area contributed by atoms with Crippen molar-refractivity contribution in [1.82, 2.24) is 14.9 Å². The van der Waals surface area contributed by atoms with Crippen molar-refractivity contribution >= 4 is 5.91 Å². The van der Waals surface area contributed by atoms with E-state index in [2.05, 4.69) is 24.1 Å². The van der Waals surface area contributed by atoms with Gasteiger partial charge in [0.2, 0.25) is 5.91 Å². The quantitative estimate of drug-likeness (QED) is 0.778. The molecule has 0 saturated heterocycles. The number of carbonyl (C=O) groups excluding carboxylic acids is 1. The predicted octanol–water partition coefficient (Wildman–Crippen LogP) is 1.07. The molecule has 0 saturated carbocycles. The summed E-state index contributed by atoms with van der Waals surface area (Å²) in [5.74, 6) is 0.551. The fourth-order valence-corrected chi connectivity index (χ4v) is 1.53. The summed E-state index contributed by atoms with van der Waals surface area (Å²) in [5, 5.41) is 2.89. The van der Waals surface area contributed by atoms with Crippen molar-refractivity contribution in [2.24, 2.45) is 11.7 Å². The Hall–Kier alpha value is -1.36. The maximum Gasteiger partial charge on any atom is 0.221 e. The highest BCUT2D eigenvalue weighted by Crippen LogP contribution is 2.08. The first kappa shape index (κ1) is 13.7. The molecule has 1 amide bonds. The molecule has 1 heterocycles. The molecule has 0 aliphatic carbocycles. The van der Waals surface area contributed by atoms with E-state index in [9.17, 15) is 4.79 Å². The van der Waals surface area contributed by atoms with E-state index >= 15 is 0 Å². The molecule has 0 unspecified atom stereocenters. The SMILES string of the molecule is CC(C)CNC(=O)CCn1cncc1[C@H](C)N. The van der Waals surface area contributed by atoms with Crippen LogP contribution in [0.25, 0.3) is 0 Å². The predicted molar refractivity (Wildman–Crippen MR) is 67.3 cm³/mol. The minimum absolute atomic E-state index is 0.0591. The van der Waals surface area contributed by atoms with Gasteiger partial charge in [-0.3, -0.25) is 4.79 Å². The molecular weight excluding hydrogens is 216 g/mol. The van der Waals surface area contributed by atoms with Crippen LogP contribution in [0.5, 0.6) is 0 Å². The van der Waals surface area contributed by atoms with Gasteiger partial charge in [0.15, 0.2) is 0 Å². The van der Waals surface area contributed by atoms with Crippen LogP contribution in [0.15, 0.2) is 12.5 Å². The molecule has 1 rings (SSSR count). The number of carbonyl (C=O) groups is 1. The van der Waals surface area contributed by atoms with Crippen LogP contribution in [0.2, 0.25) is 0 Å². The summed E-state index contributed by atoms with van der Waals surface area (Å²) in [6.45, 7) is 7.41. The zero-order chi connectivity index (χ0) is 12.8. The lowest BCUT2D eigenvalue weighted by molar-refractivity contribution is -0.121.